The van der Waals surface area contributed by atoms with E-state index in [9.17, 15) is 19.7 Å². The van der Waals surface area contributed by atoms with Gasteiger partial charge in [0.05, 0.1) is 10.8 Å². The fourth-order valence-corrected chi connectivity index (χ4v) is 1.90. The molecule has 1 fully saturated rings. The number of rotatable bonds is 3. The molecule has 0 aromatic heterocycles. The van der Waals surface area contributed by atoms with Gasteiger partial charge in [0.2, 0.25) is 11.8 Å². The maximum absolute atomic E-state index is 11.4. The molecule has 0 saturated carbocycles. The van der Waals surface area contributed by atoms with Crippen LogP contribution in [0.1, 0.15) is 12.0 Å². The fraction of sp³-hybridized carbons (Fsp3) is 0.273. The van der Waals surface area contributed by atoms with E-state index < -0.39 is 10.8 Å². The van der Waals surface area contributed by atoms with Crippen LogP contribution in [0.4, 0.5) is 5.69 Å². The summed E-state index contributed by atoms with van der Waals surface area (Å²) in [6.07, 6.45) is 0.319. The van der Waals surface area contributed by atoms with Crippen LogP contribution < -0.4 is 5.32 Å². The Morgan fingerprint density at radius 2 is 2.06 bits per heavy atom. The van der Waals surface area contributed by atoms with Gasteiger partial charge in [0.15, 0.2) is 0 Å². The molecule has 0 bridgehead atoms. The van der Waals surface area contributed by atoms with E-state index in [1.54, 1.807) is 18.2 Å². The van der Waals surface area contributed by atoms with Crippen molar-refractivity contribution in [3.8, 4) is 0 Å². The Hall–Kier alpha value is -2.24. The standard InChI is InChI=1S/C11H10N2O4/c14-10-6-8(11(15)12-10)5-7-3-1-2-4-9(7)13(16)17/h1-4,8H,5-6H2,(H,12,14,15). The molecule has 1 N–H and O–H groups in total. The summed E-state index contributed by atoms with van der Waals surface area (Å²) in [7, 11) is 0. The summed E-state index contributed by atoms with van der Waals surface area (Å²) in [6.45, 7) is 0. The molecule has 88 valence electrons. The lowest BCUT2D eigenvalue weighted by Gasteiger charge is -2.06. The van der Waals surface area contributed by atoms with Gasteiger partial charge in [0.25, 0.3) is 5.69 Å². The lowest BCUT2D eigenvalue weighted by molar-refractivity contribution is -0.385. The van der Waals surface area contributed by atoms with Crippen LogP contribution >= 0.6 is 0 Å². The van der Waals surface area contributed by atoms with E-state index in [1.807, 2.05) is 0 Å². The maximum atomic E-state index is 11.4. The van der Waals surface area contributed by atoms with Crippen LogP contribution in [0.2, 0.25) is 0 Å². The average molecular weight is 234 g/mol. The molecule has 0 spiro atoms. The average Bonchev–Trinajstić information content (AvgIpc) is 2.58. The zero-order chi connectivity index (χ0) is 12.4. The van der Waals surface area contributed by atoms with Gasteiger partial charge in [-0.15, -0.1) is 0 Å². The second-order valence-corrected chi connectivity index (χ2v) is 3.90. The number of imide groups is 1. The molecule has 1 heterocycles. The van der Waals surface area contributed by atoms with Gasteiger partial charge >= 0.3 is 0 Å². The summed E-state index contributed by atoms with van der Waals surface area (Å²) in [5, 5.41) is 13.0. The number of para-hydroxylation sites is 1. The molecule has 1 aromatic carbocycles. The Balaban J connectivity index is 2.22. The molecule has 0 aliphatic carbocycles. The van der Waals surface area contributed by atoms with Gasteiger partial charge in [-0.2, -0.15) is 0 Å². The first-order valence-electron chi connectivity index (χ1n) is 5.14. The van der Waals surface area contributed by atoms with E-state index in [0.717, 1.165) is 0 Å². The van der Waals surface area contributed by atoms with Crippen molar-refractivity contribution in [2.24, 2.45) is 5.92 Å². The molecule has 6 nitrogen and oxygen atoms in total. The predicted octanol–water partition coefficient (Wildman–Crippen LogP) is 0.800. The maximum Gasteiger partial charge on any atom is 0.272 e. The van der Waals surface area contributed by atoms with E-state index in [2.05, 4.69) is 5.32 Å². The highest BCUT2D eigenvalue weighted by Crippen LogP contribution is 2.24. The summed E-state index contributed by atoms with van der Waals surface area (Å²) < 4.78 is 0. The van der Waals surface area contributed by atoms with Crippen LogP contribution in [0.15, 0.2) is 24.3 Å². The molecule has 1 aliphatic heterocycles. The van der Waals surface area contributed by atoms with Crippen molar-refractivity contribution in [3.63, 3.8) is 0 Å². The molecule has 1 atom stereocenters. The highest BCUT2D eigenvalue weighted by Gasteiger charge is 2.32. The topological polar surface area (TPSA) is 89.3 Å². The minimum absolute atomic E-state index is 0.0142. The first-order valence-corrected chi connectivity index (χ1v) is 5.14. The molecule has 2 rings (SSSR count). The SMILES string of the molecule is O=C1CC(Cc2ccccc2[N+](=O)[O-])C(=O)N1. The third kappa shape index (κ3) is 2.30. The van der Waals surface area contributed by atoms with E-state index >= 15 is 0 Å². The number of nitrogens with one attached hydrogen (secondary N) is 1. The highest BCUT2D eigenvalue weighted by atomic mass is 16.6. The van der Waals surface area contributed by atoms with Crippen LogP contribution in [-0.2, 0) is 16.0 Å². The van der Waals surface area contributed by atoms with Crippen LogP contribution in [0.5, 0.6) is 0 Å². The van der Waals surface area contributed by atoms with E-state index in [0.29, 0.717) is 5.56 Å². The quantitative estimate of drug-likeness (QED) is 0.476. The Kier molecular flexibility index (Phi) is 2.86. The Labute approximate surface area is 96.8 Å². The lowest BCUT2D eigenvalue weighted by atomic mass is 9.97. The Bertz CT molecular complexity index is 498. The number of nitro groups is 1. The number of amides is 2. The molecular weight excluding hydrogens is 224 g/mol. The van der Waals surface area contributed by atoms with Crippen molar-refractivity contribution in [2.45, 2.75) is 12.8 Å². The van der Waals surface area contributed by atoms with Crippen molar-refractivity contribution in [1.29, 1.82) is 0 Å². The number of nitro benzene ring substituents is 1. The number of nitrogens with zero attached hydrogens (tertiary/aromatic N) is 1. The van der Waals surface area contributed by atoms with Gasteiger partial charge in [-0.3, -0.25) is 25.0 Å². The second-order valence-electron chi connectivity index (χ2n) is 3.90. The normalized spacial score (nSPS) is 19.2. The third-order valence-corrected chi connectivity index (χ3v) is 2.72. The summed E-state index contributed by atoms with van der Waals surface area (Å²) >= 11 is 0. The summed E-state index contributed by atoms with van der Waals surface area (Å²) in [4.78, 5) is 32.7. The van der Waals surface area contributed by atoms with Crippen LogP contribution in [0.25, 0.3) is 0 Å². The number of carbonyl (C=O) groups is 2. The number of hydrogen-bond donors (Lipinski definition) is 1. The fourth-order valence-electron chi connectivity index (χ4n) is 1.90. The molecule has 1 aromatic rings. The van der Waals surface area contributed by atoms with Crippen LogP contribution in [0, 0.1) is 16.0 Å². The smallest absolute Gasteiger partial charge is 0.272 e. The van der Waals surface area contributed by atoms with Crippen molar-refractivity contribution >= 4 is 17.5 Å². The minimum Gasteiger partial charge on any atom is -0.296 e. The zero-order valence-electron chi connectivity index (χ0n) is 8.88. The molecule has 0 radical (unpaired) electrons. The number of benzene rings is 1. The number of hydrogen-bond acceptors (Lipinski definition) is 4. The Morgan fingerprint density at radius 3 is 2.65 bits per heavy atom. The van der Waals surface area contributed by atoms with E-state index in [-0.39, 0.29) is 30.3 Å². The first kappa shape index (κ1) is 11.3. The molecular formula is C11H10N2O4. The molecule has 6 heteroatoms. The van der Waals surface area contributed by atoms with Crippen LogP contribution in [0.3, 0.4) is 0 Å². The molecule has 1 unspecified atom stereocenters. The van der Waals surface area contributed by atoms with Gasteiger partial charge in [-0.1, -0.05) is 18.2 Å². The summed E-state index contributed by atoms with van der Waals surface area (Å²) in [5.74, 6) is -1.17. The second kappa shape index (κ2) is 4.32. The molecule has 2 amide bonds. The van der Waals surface area contributed by atoms with Gasteiger partial charge in [-0.25, -0.2) is 0 Å². The summed E-state index contributed by atoms with van der Waals surface area (Å²) in [5.41, 5.74) is 0.465. The third-order valence-electron chi connectivity index (χ3n) is 2.72. The molecule has 17 heavy (non-hydrogen) atoms. The number of carbonyl (C=O) groups excluding carboxylic acids is 2. The van der Waals surface area contributed by atoms with Crippen molar-refractivity contribution in [3.05, 3.63) is 39.9 Å². The van der Waals surface area contributed by atoms with Crippen molar-refractivity contribution < 1.29 is 14.5 Å². The van der Waals surface area contributed by atoms with E-state index in [1.165, 1.54) is 6.07 Å². The Morgan fingerprint density at radius 1 is 1.35 bits per heavy atom. The largest absolute Gasteiger partial charge is 0.296 e. The van der Waals surface area contributed by atoms with E-state index in [4.69, 9.17) is 0 Å². The van der Waals surface area contributed by atoms with Gasteiger partial charge in [0, 0.05) is 18.1 Å². The monoisotopic (exact) mass is 234 g/mol. The van der Waals surface area contributed by atoms with Gasteiger partial charge in [-0.05, 0) is 6.42 Å². The van der Waals surface area contributed by atoms with Crippen molar-refractivity contribution in [1.82, 2.24) is 5.32 Å². The van der Waals surface area contributed by atoms with Gasteiger partial charge in [0.1, 0.15) is 0 Å². The zero-order valence-corrected chi connectivity index (χ0v) is 8.88. The predicted molar refractivity (Wildman–Crippen MR) is 58.1 cm³/mol. The summed E-state index contributed by atoms with van der Waals surface area (Å²) in [6, 6.07) is 6.25. The van der Waals surface area contributed by atoms with Gasteiger partial charge < -0.3 is 0 Å². The van der Waals surface area contributed by atoms with Crippen LogP contribution in [-0.4, -0.2) is 16.7 Å². The minimum atomic E-state index is -0.497. The van der Waals surface area contributed by atoms with Crippen molar-refractivity contribution in [2.75, 3.05) is 0 Å². The molecule has 1 aliphatic rings. The lowest BCUT2D eigenvalue weighted by Crippen LogP contribution is -2.23. The highest BCUT2D eigenvalue weighted by molar-refractivity contribution is 6.03. The first-order chi connectivity index (χ1) is 8.08. The molecule has 1 saturated heterocycles.